The van der Waals surface area contributed by atoms with E-state index in [1.807, 2.05) is 0 Å². The van der Waals surface area contributed by atoms with Gasteiger partial charge in [0.15, 0.2) is 0 Å². The van der Waals surface area contributed by atoms with Crippen LogP contribution < -0.4 is 0 Å². The lowest BCUT2D eigenvalue weighted by Gasteiger charge is -2.13. The quantitative estimate of drug-likeness (QED) is 0.568. The summed E-state index contributed by atoms with van der Waals surface area (Å²) in [5.41, 5.74) is 1.38. The molecule has 1 aliphatic carbocycles. The van der Waals surface area contributed by atoms with Crippen molar-refractivity contribution in [3.63, 3.8) is 0 Å². The van der Waals surface area contributed by atoms with Crippen LogP contribution in [0.1, 0.15) is 12.8 Å². The van der Waals surface area contributed by atoms with Crippen LogP contribution in [-0.4, -0.2) is 19.5 Å². The van der Waals surface area contributed by atoms with Gasteiger partial charge in [0.25, 0.3) is 0 Å². The molecule has 2 heteroatoms. The van der Waals surface area contributed by atoms with Gasteiger partial charge in [0.05, 0.1) is 6.61 Å². The second kappa shape index (κ2) is 3.20. The third-order valence-electron chi connectivity index (χ3n) is 2.08. The number of ether oxygens (including phenoxy) is 2. The second-order valence-electron chi connectivity index (χ2n) is 2.85. The molecule has 1 unspecified atom stereocenters. The third-order valence-corrected chi connectivity index (χ3v) is 2.08. The summed E-state index contributed by atoms with van der Waals surface area (Å²) in [6.07, 6.45) is 8.93. The number of hydrogen-bond donors (Lipinski definition) is 0. The molecule has 60 valence electrons. The van der Waals surface area contributed by atoms with E-state index in [2.05, 4.69) is 18.2 Å². The van der Waals surface area contributed by atoms with Crippen molar-refractivity contribution in [1.82, 2.24) is 0 Å². The van der Waals surface area contributed by atoms with Crippen LogP contribution in [0, 0.1) is 0 Å². The lowest BCUT2D eigenvalue weighted by atomic mass is 10.0. The van der Waals surface area contributed by atoms with Crippen LogP contribution in [0.25, 0.3) is 0 Å². The minimum Gasteiger partial charge on any atom is -0.352 e. The Bertz CT molecular complexity index is 188. The molecule has 0 radical (unpaired) electrons. The van der Waals surface area contributed by atoms with Gasteiger partial charge in [-0.05, 0) is 18.4 Å². The zero-order valence-electron chi connectivity index (χ0n) is 6.45. The highest BCUT2D eigenvalue weighted by Gasteiger charge is 2.20. The fourth-order valence-electron chi connectivity index (χ4n) is 1.44. The summed E-state index contributed by atoms with van der Waals surface area (Å²) >= 11 is 0. The van der Waals surface area contributed by atoms with E-state index in [0.717, 1.165) is 19.4 Å². The maximum Gasteiger partial charge on any atom is 0.147 e. The topological polar surface area (TPSA) is 18.5 Å². The van der Waals surface area contributed by atoms with E-state index >= 15 is 0 Å². The van der Waals surface area contributed by atoms with Crippen LogP contribution in [-0.2, 0) is 9.47 Å². The van der Waals surface area contributed by atoms with Crippen molar-refractivity contribution < 1.29 is 9.47 Å². The highest BCUT2D eigenvalue weighted by Crippen LogP contribution is 2.20. The van der Waals surface area contributed by atoms with Gasteiger partial charge in [0.2, 0.25) is 0 Å². The molecule has 0 spiro atoms. The van der Waals surface area contributed by atoms with Crippen LogP contribution in [0.4, 0.5) is 0 Å². The first-order chi connectivity index (χ1) is 5.47. The predicted octanol–water partition coefficient (Wildman–Crippen LogP) is 1.64. The minimum absolute atomic E-state index is 0.236. The van der Waals surface area contributed by atoms with E-state index in [1.54, 1.807) is 0 Å². The van der Waals surface area contributed by atoms with Gasteiger partial charge in [-0.25, -0.2) is 0 Å². The van der Waals surface area contributed by atoms with Crippen LogP contribution >= 0.6 is 0 Å². The molecule has 1 atom stereocenters. The SMILES string of the molecule is C1=CCCC(C2COCO2)=C1. The molecule has 0 aromatic carbocycles. The third kappa shape index (κ3) is 1.52. The molecule has 1 aliphatic heterocycles. The molecule has 2 nitrogen and oxygen atoms in total. The van der Waals surface area contributed by atoms with Crippen molar-refractivity contribution in [3.8, 4) is 0 Å². The zero-order chi connectivity index (χ0) is 7.52. The molecule has 2 aliphatic rings. The first-order valence-electron chi connectivity index (χ1n) is 4.02. The second-order valence-corrected chi connectivity index (χ2v) is 2.85. The summed E-state index contributed by atoms with van der Waals surface area (Å²) in [5, 5.41) is 0. The Hall–Kier alpha value is -0.600. The van der Waals surface area contributed by atoms with Crippen molar-refractivity contribution in [1.29, 1.82) is 0 Å². The number of hydrogen-bond acceptors (Lipinski definition) is 2. The molecule has 0 aromatic heterocycles. The van der Waals surface area contributed by atoms with E-state index in [9.17, 15) is 0 Å². The number of rotatable bonds is 1. The van der Waals surface area contributed by atoms with Crippen LogP contribution in [0.2, 0.25) is 0 Å². The van der Waals surface area contributed by atoms with E-state index in [4.69, 9.17) is 9.47 Å². The molecule has 1 saturated heterocycles. The number of allylic oxidation sites excluding steroid dienone is 3. The fraction of sp³-hybridized carbons (Fsp3) is 0.556. The summed E-state index contributed by atoms with van der Waals surface area (Å²) in [6.45, 7) is 1.20. The highest BCUT2D eigenvalue weighted by atomic mass is 16.7. The Morgan fingerprint density at radius 3 is 3.09 bits per heavy atom. The maximum atomic E-state index is 5.37. The van der Waals surface area contributed by atoms with Gasteiger partial charge in [0.1, 0.15) is 12.9 Å². The minimum atomic E-state index is 0.236. The van der Waals surface area contributed by atoms with Gasteiger partial charge in [-0.3, -0.25) is 0 Å². The maximum absolute atomic E-state index is 5.37. The summed E-state index contributed by atoms with van der Waals surface area (Å²) in [7, 11) is 0. The van der Waals surface area contributed by atoms with Crippen molar-refractivity contribution >= 4 is 0 Å². The summed E-state index contributed by atoms with van der Waals surface area (Å²) in [6, 6.07) is 0. The molecular weight excluding hydrogens is 140 g/mol. The first kappa shape index (κ1) is 7.07. The molecule has 1 fully saturated rings. The molecule has 11 heavy (non-hydrogen) atoms. The van der Waals surface area contributed by atoms with Crippen LogP contribution in [0.5, 0.6) is 0 Å². The molecular formula is C9H12O2. The first-order valence-corrected chi connectivity index (χ1v) is 4.02. The predicted molar refractivity (Wildman–Crippen MR) is 42.1 cm³/mol. The van der Waals surface area contributed by atoms with E-state index < -0.39 is 0 Å². The van der Waals surface area contributed by atoms with E-state index in [-0.39, 0.29) is 6.10 Å². The summed E-state index contributed by atoms with van der Waals surface area (Å²) in [4.78, 5) is 0. The Labute approximate surface area is 66.5 Å². The molecule has 1 heterocycles. The van der Waals surface area contributed by atoms with Crippen LogP contribution in [0.3, 0.4) is 0 Å². The molecule has 0 aromatic rings. The smallest absolute Gasteiger partial charge is 0.147 e. The van der Waals surface area contributed by atoms with Gasteiger partial charge in [0, 0.05) is 0 Å². The fourth-order valence-corrected chi connectivity index (χ4v) is 1.44. The summed E-state index contributed by atoms with van der Waals surface area (Å²) < 4.78 is 10.5. The molecule has 0 amide bonds. The van der Waals surface area contributed by atoms with E-state index in [0.29, 0.717) is 6.79 Å². The monoisotopic (exact) mass is 152 g/mol. The van der Waals surface area contributed by atoms with Gasteiger partial charge >= 0.3 is 0 Å². The molecule has 0 N–H and O–H groups in total. The van der Waals surface area contributed by atoms with Gasteiger partial charge in [-0.15, -0.1) is 0 Å². The van der Waals surface area contributed by atoms with Gasteiger partial charge < -0.3 is 9.47 Å². The van der Waals surface area contributed by atoms with Crippen molar-refractivity contribution in [2.75, 3.05) is 13.4 Å². The van der Waals surface area contributed by atoms with E-state index in [1.165, 1.54) is 5.57 Å². The molecule has 0 saturated carbocycles. The Kier molecular flexibility index (Phi) is 2.06. The normalized spacial score (nSPS) is 30.5. The average Bonchev–Trinajstić information content (AvgIpc) is 2.58. The van der Waals surface area contributed by atoms with Gasteiger partial charge in [-0.2, -0.15) is 0 Å². The van der Waals surface area contributed by atoms with Crippen LogP contribution in [0.15, 0.2) is 23.8 Å². The average molecular weight is 152 g/mol. The summed E-state index contributed by atoms with van der Waals surface area (Å²) in [5.74, 6) is 0. The van der Waals surface area contributed by atoms with Crippen molar-refractivity contribution in [2.24, 2.45) is 0 Å². The lowest BCUT2D eigenvalue weighted by Crippen LogP contribution is -2.13. The lowest BCUT2D eigenvalue weighted by molar-refractivity contribution is 0.0543. The van der Waals surface area contributed by atoms with Crippen molar-refractivity contribution in [3.05, 3.63) is 23.8 Å². The van der Waals surface area contributed by atoms with Gasteiger partial charge in [-0.1, -0.05) is 18.2 Å². The highest BCUT2D eigenvalue weighted by molar-refractivity contribution is 5.21. The Morgan fingerprint density at radius 1 is 1.45 bits per heavy atom. The Balaban J connectivity index is 2.02. The Morgan fingerprint density at radius 2 is 2.45 bits per heavy atom. The molecule has 0 bridgehead atoms. The molecule has 2 rings (SSSR count). The largest absolute Gasteiger partial charge is 0.352 e. The van der Waals surface area contributed by atoms with Crippen molar-refractivity contribution in [2.45, 2.75) is 18.9 Å². The zero-order valence-corrected chi connectivity index (χ0v) is 6.45. The standard InChI is InChI=1S/C9H12O2/c1-2-4-8(5-3-1)9-6-10-7-11-9/h1-2,4,9H,3,5-7H2.